The van der Waals surface area contributed by atoms with Crippen molar-refractivity contribution in [3.8, 4) is 6.07 Å². The van der Waals surface area contributed by atoms with Gasteiger partial charge in [-0.25, -0.2) is 9.97 Å². The topological polar surface area (TPSA) is 75.6 Å². The second-order valence-electron chi connectivity index (χ2n) is 4.32. The molecule has 1 aromatic rings. The van der Waals surface area contributed by atoms with Gasteiger partial charge in [0.1, 0.15) is 5.54 Å². The van der Waals surface area contributed by atoms with Crippen molar-refractivity contribution in [2.75, 3.05) is 5.75 Å². The van der Waals surface area contributed by atoms with Crippen molar-refractivity contribution >= 4 is 11.8 Å². The van der Waals surface area contributed by atoms with Gasteiger partial charge in [-0.2, -0.15) is 5.26 Å². The molecule has 1 unspecified atom stereocenters. The van der Waals surface area contributed by atoms with Crippen molar-refractivity contribution in [2.24, 2.45) is 5.73 Å². The fourth-order valence-corrected chi connectivity index (χ4v) is 2.18. The highest BCUT2D eigenvalue weighted by molar-refractivity contribution is 7.99. The van der Waals surface area contributed by atoms with Gasteiger partial charge in [0, 0.05) is 17.6 Å². The summed E-state index contributed by atoms with van der Waals surface area (Å²) < 4.78 is 0. The summed E-state index contributed by atoms with van der Waals surface area (Å²) in [6.07, 6.45) is 4.49. The Morgan fingerprint density at radius 3 is 2.94 bits per heavy atom. The lowest BCUT2D eigenvalue weighted by Gasteiger charge is -2.14. The number of rotatable bonds is 6. The Morgan fingerprint density at radius 1 is 1.53 bits per heavy atom. The van der Waals surface area contributed by atoms with Crippen LogP contribution in [-0.2, 0) is 0 Å². The highest BCUT2D eigenvalue weighted by Gasteiger charge is 2.15. The number of unbranched alkanes of at least 4 members (excludes halogenated alkanes) is 1. The molecule has 0 aliphatic heterocycles. The maximum absolute atomic E-state index is 8.76. The largest absolute Gasteiger partial charge is 0.314 e. The summed E-state index contributed by atoms with van der Waals surface area (Å²) in [7, 11) is 0. The van der Waals surface area contributed by atoms with Gasteiger partial charge in [0.25, 0.3) is 0 Å². The van der Waals surface area contributed by atoms with Gasteiger partial charge in [-0.05, 0) is 39.2 Å². The molecule has 1 aromatic heterocycles. The van der Waals surface area contributed by atoms with Crippen LogP contribution in [0.3, 0.4) is 0 Å². The van der Waals surface area contributed by atoms with E-state index < -0.39 is 5.54 Å². The monoisotopic (exact) mass is 250 g/mol. The number of hydrogen-bond acceptors (Lipinski definition) is 5. The molecule has 0 aliphatic rings. The van der Waals surface area contributed by atoms with E-state index in [-0.39, 0.29) is 0 Å². The smallest absolute Gasteiger partial charge is 0.187 e. The van der Waals surface area contributed by atoms with Gasteiger partial charge in [-0.3, -0.25) is 0 Å². The maximum Gasteiger partial charge on any atom is 0.187 e. The number of nitrogens with zero attached hydrogens (tertiary/aromatic N) is 3. The molecule has 0 fully saturated rings. The van der Waals surface area contributed by atoms with E-state index in [4.69, 9.17) is 11.0 Å². The molecule has 0 aromatic carbocycles. The average molecular weight is 250 g/mol. The predicted molar refractivity (Wildman–Crippen MR) is 69.5 cm³/mol. The number of nitrogens with two attached hydrogens (primary N) is 1. The molecule has 0 aliphatic carbocycles. The molecule has 0 amide bonds. The molecule has 0 radical (unpaired) electrons. The summed E-state index contributed by atoms with van der Waals surface area (Å²) >= 11 is 1.65. The number of aryl methyl sites for hydroxylation is 1. The first-order valence-electron chi connectivity index (χ1n) is 5.66. The summed E-state index contributed by atoms with van der Waals surface area (Å²) in [5.74, 6) is 0.963. The minimum Gasteiger partial charge on any atom is -0.314 e. The molecule has 0 saturated carbocycles. The number of thioether (sulfide) groups is 1. The highest BCUT2D eigenvalue weighted by atomic mass is 32.2. The van der Waals surface area contributed by atoms with Gasteiger partial charge in [0.15, 0.2) is 5.16 Å². The van der Waals surface area contributed by atoms with Crippen molar-refractivity contribution < 1.29 is 0 Å². The SMILES string of the molecule is Cc1ccnc(SCCCCC(C)(N)C#N)n1. The van der Waals surface area contributed by atoms with Crippen LogP contribution >= 0.6 is 11.8 Å². The van der Waals surface area contributed by atoms with Crippen LogP contribution in [0.25, 0.3) is 0 Å². The Kier molecular flexibility index (Phi) is 5.39. The van der Waals surface area contributed by atoms with Crippen molar-refractivity contribution in [2.45, 2.75) is 43.8 Å². The normalized spacial score (nSPS) is 14.0. The van der Waals surface area contributed by atoms with Crippen LogP contribution in [0.2, 0.25) is 0 Å². The molecule has 1 heterocycles. The van der Waals surface area contributed by atoms with Crippen LogP contribution in [0.1, 0.15) is 31.9 Å². The van der Waals surface area contributed by atoms with E-state index in [0.29, 0.717) is 0 Å². The predicted octanol–water partition coefficient (Wildman–Crippen LogP) is 2.29. The molecule has 0 saturated heterocycles. The first-order valence-corrected chi connectivity index (χ1v) is 6.65. The van der Waals surface area contributed by atoms with E-state index in [2.05, 4.69) is 16.0 Å². The van der Waals surface area contributed by atoms with Crippen LogP contribution in [-0.4, -0.2) is 21.3 Å². The molecule has 0 spiro atoms. The minimum atomic E-state index is -0.690. The van der Waals surface area contributed by atoms with Crippen LogP contribution in [0.5, 0.6) is 0 Å². The Hall–Kier alpha value is -1.12. The summed E-state index contributed by atoms with van der Waals surface area (Å²) in [4.78, 5) is 8.49. The molecule has 5 heteroatoms. The van der Waals surface area contributed by atoms with E-state index in [1.165, 1.54) is 0 Å². The molecule has 4 nitrogen and oxygen atoms in total. The fraction of sp³-hybridized carbons (Fsp3) is 0.583. The van der Waals surface area contributed by atoms with Crippen LogP contribution in [0.15, 0.2) is 17.4 Å². The van der Waals surface area contributed by atoms with Gasteiger partial charge in [0.05, 0.1) is 6.07 Å². The summed E-state index contributed by atoms with van der Waals surface area (Å²) in [5, 5.41) is 9.58. The summed E-state index contributed by atoms with van der Waals surface area (Å²) in [6, 6.07) is 3.99. The molecule has 2 N–H and O–H groups in total. The lowest BCUT2D eigenvalue weighted by Crippen LogP contribution is -2.33. The van der Waals surface area contributed by atoms with Gasteiger partial charge < -0.3 is 5.73 Å². The Morgan fingerprint density at radius 2 is 2.29 bits per heavy atom. The minimum absolute atomic E-state index is 0.690. The van der Waals surface area contributed by atoms with Crippen LogP contribution in [0.4, 0.5) is 0 Å². The highest BCUT2D eigenvalue weighted by Crippen LogP contribution is 2.16. The molecule has 17 heavy (non-hydrogen) atoms. The second-order valence-corrected chi connectivity index (χ2v) is 5.38. The van der Waals surface area contributed by atoms with Crippen LogP contribution in [0, 0.1) is 18.3 Å². The summed E-state index contributed by atoms with van der Waals surface area (Å²) in [6.45, 7) is 3.72. The lowest BCUT2D eigenvalue weighted by atomic mass is 9.99. The third-order valence-electron chi connectivity index (χ3n) is 2.35. The van der Waals surface area contributed by atoms with Gasteiger partial charge in [-0.1, -0.05) is 11.8 Å². The quantitative estimate of drug-likeness (QED) is 0.476. The van der Waals surface area contributed by atoms with E-state index in [1.54, 1.807) is 24.9 Å². The van der Waals surface area contributed by atoms with E-state index >= 15 is 0 Å². The Bertz CT molecular complexity index is 398. The van der Waals surface area contributed by atoms with Gasteiger partial charge >= 0.3 is 0 Å². The Balaban J connectivity index is 2.19. The molecule has 1 atom stereocenters. The number of hydrogen-bond donors (Lipinski definition) is 1. The van der Waals surface area contributed by atoms with E-state index in [9.17, 15) is 0 Å². The first kappa shape index (κ1) is 13.9. The maximum atomic E-state index is 8.76. The molecular formula is C12H18N4S. The second kappa shape index (κ2) is 6.58. The molecular weight excluding hydrogens is 232 g/mol. The number of aromatic nitrogens is 2. The van der Waals surface area contributed by atoms with Gasteiger partial charge in [0.2, 0.25) is 0 Å². The number of nitriles is 1. The van der Waals surface area contributed by atoms with Crippen LogP contribution < -0.4 is 5.73 Å². The zero-order valence-corrected chi connectivity index (χ0v) is 11.1. The van der Waals surface area contributed by atoms with Crippen molar-refractivity contribution in [3.05, 3.63) is 18.0 Å². The summed E-state index contributed by atoms with van der Waals surface area (Å²) in [5.41, 5.74) is 6.03. The van der Waals surface area contributed by atoms with Crippen molar-refractivity contribution in [1.82, 2.24) is 9.97 Å². The molecule has 0 bridgehead atoms. The molecule has 92 valence electrons. The lowest BCUT2D eigenvalue weighted by molar-refractivity contribution is 0.518. The third kappa shape index (κ3) is 5.66. The fourth-order valence-electron chi connectivity index (χ4n) is 1.31. The van der Waals surface area contributed by atoms with Crippen molar-refractivity contribution in [3.63, 3.8) is 0 Å². The zero-order valence-electron chi connectivity index (χ0n) is 10.3. The Labute approximate surface area is 107 Å². The van der Waals surface area contributed by atoms with E-state index in [1.807, 2.05) is 13.0 Å². The van der Waals surface area contributed by atoms with Gasteiger partial charge in [-0.15, -0.1) is 0 Å². The van der Waals surface area contributed by atoms with E-state index in [0.717, 1.165) is 35.9 Å². The first-order chi connectivity index (χ1) is 8.03. The zero-order chi connectivity index (χ0) is 12.7. The average Bonchev–Trinajstić information content (AvgIpc) is 2.29. The molecule has 1 rings (SSSR count). The third-order valence-corrected chi connectivity index (χ3v) is 3.30. The van der Waals surface area contributed by atoms with Crippen molar-refractivity contribution in [1.29, 1.82) is 5.26 Å². The standard InChI is InChI=1S/C12H18N4S/c1-10-5-7-15-11(16-10)17-8-4-3-6-12(2,14)9-13/h5,7H,3-4,6,8,14H2,1-2H3.